The van der Waals surface area contributed by atoms with Gasteiger partial charge in [0, 0.05) is 6.08 Å². The van der Waals surface area contributed by atoms with Crippen molar-refractivity contribution in [3.63, 3.8) is 0 Å². The van der Waals surface area contributed by atoms with Crippen molar-refractivity contribution >= 4 is 12.0 Å². The number of halogens is 1. The topological polar surface area (TPSA) is 37.3 Å². The Balaban J connectivity index is 2.81. The molecular formula is C16H19FO2. The van der Waals surface area contributed by atoms with Gasteiger partial charge in [-0.05, 0) is 36.1 Å². The third-order valence-electron chi connectivity index (χ3n) is 2.73. The molecule has 1 N–H and O–H groups in total. The normalized spacial score (nSPS) is 12.0. The van der Waals surface area contributed by atoms with Gasteiger partial charge in [0.05, 0.1) is 0 Å². The van der Waals surface area contributed by atoms with E-state index in [-0.39, 0.29) is 5.82 Å². The third kappa shape index (κ3) is 6.55. The van der Waals surface area contributed by atoms with Crippen LogP contribution in [0.2, 0.25) is 0 Å². The van der Waals surface area contributed by atoms with Crippen molar-refractivity contribution in [3.05, 3.63) is 53.4 Å². The first-order chi connectivity index (χ1) is 9.11. The molecule has 1 aromatic rings. The Hall–Kier alpha value is -1.90. The van der Waals surface area contributed by atoms with Crippen LogP contribution in [0.4, 0.5) is 4.39 Å². The minimum atomic E-state index is -0.958. The lowest BCUT2D eigenvalue weighted by Gasteiger charge is -2.02. The lowest BCUT2D eigenvalue weighted by Crippen LogP contribution is -1.88. The fraction of sp³-hybridized carbons (Fsp3) is 0.312. The van der Waals surface area contributed by atoms with Crippen molar-refractivity contribution in [1.29, 1.82) is 0 Å². The molecule has 0 bridgehead atoms. The quantitative estimate of drug-likeness (QED) is 0.448. The van der Waals surface area contributed by atoms with Gasteiger partial charge in [0.1, 0.15) is 5.82 Å². The van der Waals surface area contributed by atoms with Crippen LogP contribution in [0, 0.1) is 5.82 Å². The monoisotopic (exact) mass is 262 g/mol. The highest BCUT2D eigenvalue weighted by molar-refractivity contribution is 5.80. The lowest BCUT2D eigenvalue weighted by molar-refractivity contribution is -0.131. The van der Waals surface area contributed by atoms with Gasteiger partial charge in [0.2, 0.25) is 0 Å². The first kappa shape index (κ1) is 15.2. The number of hydrogen-bond acceptors (Lipinski definition) is 1. The van der Waals surface area contributed by atoms with Crippen LogP contribution in [-0.2, 0) is 4.79 Å². The molecule has 0 spiro atoms. The van der Waals surface area contributed by atoms with E-state index in [4.69, 9.17) is 5.11 Å². The second kappa shape index (κ2) is 8.25. The van der Waals surface area contributed by atoms with Crippen molar-refractivity contribution in [2.75, 3.05) is 0 Å². The average molecular weight is 262 g/mol. The highest BCUT2D eigenvalue weighted by atomic mass is 19.1. The summed E-state index contributed by atoms with van der Waals surface area (Å²) in [5, 5.41) is 8.67. The Kier molecular flexibility index (Phi) is 6.58. The molecule has 1 aromatic carbocycles. The standard InChI is InChI=1S/C16H19FO2/c1-2-3-4-5-13(8-11-16(18)19)12-14-6-9-15(17)10-7-14/h6-12H,2-5H2,1H3,(H,18,19). The molecule has 0 fully saturated rings. The van der Waals surface area contributed by atoms with Gasteiger partial charge in [0.15, 0.2) is 0 Å². The van der Waals surface area contributed by atoms with Crippen LogP contribution in [0.25, 0.3) is 6.08 Å². The van der Waals surface area contributed by atoms with E-state index in [2.05, 4.69) is 6.92 Å². The van der Waals surface area contributed by atoms with Gasteiger partial charge in [0.25, 0.3) is 0 Å². The van der Waals surface area contributed by atoms with Gasteiger partial charge < -0.3 is 5.11 Å². The summed E-state index contributed by atoms with van der Waals surface area (Å²) in [5.41, 5.74) is 1.82. The van der Waals surface area contributed by atoms with Gasteiger partial charge >= 0.3 is 5.97 Å². The van der Waals surface area contributed by atoms with Gasteiger partial charge in [-0.15, -0.1) is 0 Å². The zero-order valence-corrected chi connectivity index (χ0v) is 11.1. The molecule has 0 saturated carbocycles. The Morgan fingerprint density at radius 1 is 1.21 bits per heavy atom. The second-order valence-corrected chi connectivity index (χ2v) is 4.40. The zero-order chi connectivity index (χ0) is 14.1. The number of rotatable bonds is 7. The van der Waals surface area contributed by atoms with E-state index in [1.807, 2.05) is 6.08 Å². The van der Waals surface area contributed by atoms with Crippen LogP contribution in [0.5, 0.6) is 0 Å². The Bertz CT molecular complexity index is 458. The minimum absolute atomic E-state index is 0.272. The molecule has 0 aliphatic carbocycles. The zero-order valence-electron chi connectivity index (χ0n) is 11.1. The van der Waals surface area contributed by atoms with Crippen molar-refractivity contribution < 1.29 is 14.3 Å². The van der Waals surface area contributed by atoms with E-state index in [1.165, 1.54) is 12.1 Å². The van der Waals surface area contributed by atoms with Crippen molar-refractivity contribution in [2.45, 2.75) is 32.6 Å². The molecule has 0 amide bonds. The summed E-state index contributed by atoms with van der Waals surface area (Å²) < 4.78 is 12.8. The molecule has 0 unspecified atom stereocenters. The van der Waals surface area contributed by atoms with Crippen LogP contribution in [0.3, 0.4) is 0 Å². The number of carbonyl (C=O) groups is 1. The number of allylic oxidation sites excluding steroid dienone is 2. The first-order valence-electron chi connectivity index (χ1n) is 6.49. The largest absolute Gasteiger partial charge is 0.478 e. The van der Waals surface area contributed by atoms with E-state index >= 15 is 0 Å². The number of hydrogen-bond donors (Lipinski definition) is 1. The minimum Gasteiger partial charge on any atom is -0.478 e. The van der Waals surface area contributed by atoms with Crippen LogP contribution < -0.4 is 0 Å². The maximum absolute atomic E-state index is 12.8. The summed E-state index contributed by atoms with van der Waals surface area (Å²) in [6.07, 6.45) is 8.73. The predicted octanol–water partition coefficient (Wildman–Crippen LogP) is 4.43. The van der Waals surface area contributed by atoms with E-state index in [0.717, 1.165) is 42.9 Å². The SMILES string of the molecule is CCCCCC(C=CC(=O)O)=Cc1ccc(F)cc1. The van der Waals surface area contributed by atoms with Crippen LogP contribution >= 0.6 is 0 Å². The van der Waals surface area contributed by atoms with E-state index in [9.17, 15) is 9.18 Å². The van der Waals surface area contributed by atoms with Crippen molar-refractivity contribution in [3.8, 4) is 0 Å². The number of aliphatic carboxylic acids is 1. The predicted molar refractivity (Wildman–Crippen MR) is 75.3 cm³/mol. The smallest absolute Gasteiger partial charge is 0.328 e. The Morgan fingerprint density at radius 3 is 2.47 bits per heavy atom. The summed E-state index contributed by atoms with van der Waals surface area (Å²) in [5.74, 6) is -1.23. The fourth-order valence-corrected chi connectivity index (χ4v) is 1.73. The molecule has 0 aromatic heterocycles. The number of unbranched alkanes of at least 4 members (excludes halogenated alkanes) is 2. The number of carboxylic acid groups (broad SMARTS) is 1. The maximum atomic E-state index is 12.8. The molecule has 0 aliphatic heterocycles. The number of carboxylic acids is 1. The molecule has 0 radical (unpaired) electrons. The third-order valence-corrected chi connectivity index (χ3v) is 2.73. The molecule has 0 saturated heterocycles. The molecule has 0 heterocycles. The molecule has 0 aliphatic rings. The van der Waals surface area contributed by atoms with E-state index < -0.39 is 5.97 Å². The molecule has 3 heteroatoms. The second-order valence-electron chi connectivity index (χ2n) is 4.40. The van der Waals surface area contributed by atoms with Crippen LogP contribution in [0.15, 0.2) is 42.0 Å². The molecular weight excluding hydrogens is 243 g/mol. The summed E-state index contributed by atoms with van der Waals surface area (Å²) in [7, 11) is 0. The maximum Gasteiger partial charge on any atom is 0.328 e. The molecule has 0 atom stereocenters. The Labute approximate surface area is 113 Å². The molecule has 1 rings (SSSR count). The fourth-order valence-electron chi connectivity index (χ4n) is 1.73. The number of benzene rings is 1. The lowest BCUT2D eigenvalue weighted by atomic mass is 10.0. The molecule has 19 heavy (non-hydrogen) atoms. The van der Waals surface area contributed by atoms with Gasteiger partial charge in [-0.1, -0.05) is 44.1 Å². The Morgan fingerprint density at radius 2 is 1.89 bits per heavy atom. The summed E-state index contributed by atoms with van der Waals surface area (Å²) >= 11 is 0. The van der Waals surface area contributed by atoms with E-state index in [1.54, 1.807) is 18.2 Å². The van der Waals surface area contributed by atoms with Crippen LogP contribution in [-0.4, -0.2) is 11.1 Å². The van der Waals surface area contributed by atoms with Crippen molar-refractivity contribution in [2.24, 2.45) is 0 Å². The van der Waals surface area contributed by atoms with Gasteiger partial charge in [-0.3, -0.25) is 0 Å². The summed E-state index contributed by atoms with van der Waals surface area (Å²) in [6.45, 7) is 2.12. The molecule has 102 valence electrons. The van der Waals surface area contributed by atoms with Crippen LogP contribution in [0.1, 0.15) is 38.2 Å². The summed E-state index contributed by atoms with van der Waals surface area (Å²) in [6, 6.07) is 6.17. The highest BCUT2D eigenvalue weighted by Crippen LogP contribution is 2.15. The summed E-state index contributed by atoms with van der Waals surface area (Å²) in [4.78, 5) is 10.6. The highest BCUT2D eigenvalue weighted by Gasteiger charge is 1.97. The average Bonchev–Trinajstić information content (AvgIpc) is 2.38. The molecule has 2 nitrogen and oxygen atoms in total. The van der Waals surface area contributed by atoms with Crippen molar-refractivity contribution in [1.82, 2.24) is 0 Å². The van der Waals surface area contributed by atoms with Gasteiger partial charge in [-0.25, -0.2) is 9.18 Å². The van der Waals surface area contributed by atoms with Gasteiger partial charge in [-0.2, -0.15) is 0 Å². The van der Waals surface area contributed by atoms with E-state index in [0.29, 0.717) is 0 Å². The first-order valence-corrected chi connectivity index (χ1v) is 6.49.